The van der Waals surface area contributed by atoms with Crippen LogP contribution in [0.5, 0.6) is 0 Å². The Balaban J connectivity index is 1.98. The van der Waals surface area contributed by atoms with Crippen LogP contribution in [0.15, 0.2) is 47.8 Å². The number of halogens is 2. The summed E-state index contributed by atoms with van der Waals surface area (Å²) in [7, 11) is 0. The van der Waals surface area contributed by atoms with Gasteiger partial charge in [-0.05, 0) is 48.2 Å². The van der Waals surface area contributed by atoms with Crippen LogP contribution in [0, 0.1) is 12.7 Å². The molecule has 0 saturated carbocycles. The monoisotopic (exact) mass is 337 g/mol. The van der Waals surface area contributed by atoms with Crippen LogP contribution in [-0.2, 0) is 0 Å². The first-order valence-corrected chi connectivity index (χ1v) is 8.52. The molecule has 0 radical (unpaired) electrons. The van der Waals surface area contributed by atoms with Crippen molar-refractivity contribution in [2.24, 2.45) is 0 Å². The van der Waals surface area contributed by atoms with Gasteiger partial charge >= 0.3 is 0 Å². The van der Waals surface area contributed by atoms with E-state index >= 15 is 0 Å². The van der Waals surface area contributed by atoms with Gasteiger partial charge in [-0.2, -0.15) is 0 Å². The van der Waals surface area contributed by atoms with Gasteiger partial charge in [-0.1, -0.05) is 23.7 Å². The minimum Gasteiger partial charge on any atom is -0.372 e. The summed E-state index contributed by atoms with van der Waals surface area (Å²) in [6, 6.07) is 12.8. The van der Waals surface area contributed by atoms with Gasteiger partial charge in [0.15, 0.2) is 0 Å². The minimum absolute atomic E-state index is 0.0111. The maximum absolute atomic E-state index is 13.5. The summed E-state index contributed by atoms with van der Waals surface area (Å²) < 4.78 is 14.2. The van der Waals surface area contributed by atoms with Gasteiger partial charge in [-0.25, -0.2) is 4.39 Å². The van der Waals surface area contributed by atoms with Crippen molar-refractivity contribution in [2.45, 2.75) is 13.0 Å². The molecule has 3 aromatic rings. The van der Waals surface area contributed by atoms with Gasteiger partial charge in [0.2, 0.25) is 0 Å². The molecule has 0 fully saturated rings. The topological polar surface area (TPSA) is 12.0 Å². The quantitative estimate of drug-likeness (QED) is 0.605. The maximum Gasteiger partial charge on any atom is 0.125 e. The van der Waals surface area contributed by atoms with Crippen LogP contribution < -0.4 is 5.32 Å². The molecule has 5 heteroatoms. The molecule has 2 heterocycles. The van der Waals surface area contributed by atoms with E-state index in [1.807, 2.05) is 30.5 Å². The second-order valence-corrected chi connectivity index (χ2v) is 7.42. The smallest absolute Gasteiger partial charge is 0.125 e. The summed E-state index contributed by atoms with van der Waals surface area (Å²) in [4.78, 5) is 2.29. The fraction of sp³-hybridized carbons (Fsp3) is 0.125. The van der Waals surface area contributed by atoms with Gasteiger partial charge in [0, 0.05) is 15.4 Å². The highest BCUT2D eigenvalue weighted by Gasteiger charge is 2.18. The predicted molar refractivity (Wildman–Crippen MR) is 90.3 cm³/mol. The lowest BCUT2D eigenvalue weighted by Crippen LogP contribution is -2.10. The maximum atomic E-state index is 13.5. The molecular weight excluding hydrogens is 325 g/mol. The van der Waals surface area contributed by atoms with Crippen molar-refractivity contribution >= 4 is 40.0 Å². The highest BCUT2D eigenvalue weighted by molar-refractivity contribution is 7.16. The van der Waals surface area contributed by atoms with E-state index in [2.05, 4.69) is 11.4 Å². The van der Waals surface area contributed by atoms with Gasteiger partial charge in [-0.15, -0.1) is 22.7 Å². The lowest BCUT2D eigenvalue weighted by molar-refractivity contribution is 0.627. The molecule has 0 aliphatic rings. The number of thiophene rings is 2. The summed E-state index contributed by atoms with van der Waals surface area (Å²) in [6.45, 7) is 1.97. The van der Waals surface area contributed by atoms with E-state index in [1.54, 1.807) is 17.4 Å². The van der Waals surface area contributed by atoms with E-state index in [0.717, 1.165) is 20.5 Å². The minimum atomic E-state index is -0.239. The van der Waals surface area contributed by atoms with Gasteiger partial charge in [-0.3, -0.25) is 0 Å². The van der Waals surface area contributed by atoms with Gasteiger partial charge in [0.1, 0.15) is 5.82 Å². The molecule has 0 aliphatic carbocycles. The van der Waals surface area contributed by atoms with Crippen molar-refractivity contribution < 1.29 is 4.39 Å². The van der Waals surface area contributed by atoms with Crippen molar-refractivity contribution in [3.63, 3.8) is 0 Å². The molecule has 0 bridgehead atoms. The molecule has 1 aromatic carbocycles. The number of aryl methyl sites for hydroxylation is 1. The standard InChI is InChI=1S/C16H13ClFNS2/c1-10-4-5-11(18)9-12(10)19-16(13-3-2-8-20-13)14-6-7-15(17)21-14/h2-9,16,19H,1H3. The molecule has 0 spiro atoms. The largest absolute Gasteiger partial charge is 0.372 e. The van der Waals surface area contributed by atoms with E-state index in [1.165, 1.54) is 28.3 Å². The molecule has 0 saturated heterocycles. The molecule has 108 valence electrons. The Labute approximate surface area is 136 Å². The molecule has 21 heavy (non-hydrogen) atoms. The Morgan fingerprint density at radius 1 is 1.14 bits per heavy atom. The SMILES string of the molecule is Cc1ccc(F)cc1NC(c1cccs1)c1ccc(Cl)s1. The van der Waals surface area contributed by atoms with Crippen LogP contribution in [0.1, 0.15) is 21.4 Å². The Bertz CT molecular complexity index is 737. The molecule has 1 atom stereocenters. The summed E-state index contributed by atoms with van der Waals surface area (Å²) >= 11 is 9.27. The normalized spacial score (nSPS) is 12.3. The average molecular weight is 338 g/mol. The third kappa shape index (κ3) is 3.28. The molecule has 0 aliphatic heterocycles. The lowest BCUT2D eigenvalue weighted by Gasteiger charge is -2.19. The number of rotatable bonds is 4. The van der Waals surface area contributed by atoms with Crippen LogP contribution in [0.2, 0.25) is 4.34 Å². The zero-order valence-corrected chi connectivity index (χ0v) is 13.7. The molecular formula is C16H13ClFNS2. The summed E-state index contributed by atoms with van der Waals surface area (Å²) in [5, 5.41) is 5.48. The van der Waals surface area contributed by atoms with Crippen LogP contribution in [-0.4, -0.2) is 0 Å². The van der Waals surface area contributed by atoms with Crippen molar-refractivity contribution in [2.75, 3.05) is 5.32 Å². The van der Waals surface area contributed by atoms with Crippen LogP contribution in [0.3, 0.4) is 0 Å². The fourth-order valence-corrected chi connectivity index (χ4v) is 4.13. The summed E-state index contributed by atoms with van der Waals surface area (Å²) in [6.07, 6.45) is 0. The number of anilines is 1. The summed E-state index contributed by atoms with van der Waals surface area (Å²) in [5.74, 6) is -0.239. The van der Waals surface area contributed by atoms with E-state index in [-0.39, 0.29) is 11.9 Å². The third-order valence-corrected chi connectivity index (χ3v) is 5.44. The first kappa shape index (κ1) is 14.6. The fourth-order valence-electron chi connectivity index (χ4n) is 2.13. The van der Waals surface area contributed by atoms with Crippen molar-refractivity contribution in [3.05, 3.63) is 73.3 Å². The number of benzene rings is 1. The molecule has 1 nitrogen and oxygen atoms in total. The second-order valence-electron chi connectivity index (χ2n) is 4.69. The van der Waals surface area contributed by atoms with Crippen molar-refractivity contribution in [1.82, 2.24) is 0 Å². The Kier molecular flexibility index (Phi) is 4.29. The van der Waals surface area contributed by atoms with Gasteiger partial charge < -0.3 is 5.32 Å². The van der Waals surface area contributed by atoms with Crippen molar-refractivity contribution in [1.29, 1.82) is 0 Å². The summed E-state index contributed by atoms with van der Waals surface area (Å²) in [5.41, 5.74) is 1.82. The first-order chi connectivity index (χ1) is 10.1. The van der Waals surface area contributed by atoms with Crippen LogP contribution in [0.25, 0.3) is 0 Å². The highest BCUT2D eigenvalue weighted by atomic mass is 35.5. The Hall–Kier alpha value is -1.36. The lowest BCUT2D eigenvalue weighted by atomic mass is 10.1. The van der Waals surface area contributed by atoms with Crippen LogP contribution >= 0.6 is 34.3 Å². The zero-order valence-electron chi connectivity index (χ0n) is 11.3. The Morgan fingerprint density at radius 3 is 2.67 bits per heavy atom. The van der Waals surface area contributed by atoms with Crippen LogP contribution in [0.4, 0.5) is 10.1 Å². The molecule has 3 rings (SSSR count). The Morgan fingerprint density at radius 2 is 2.00 bits per heavy atom. The first-order valence-electron chi connectivity index (χ1n) is 6.45. The van der Waals surface area contributed by atoms with Gasteiger partial charge in [0.05, 0.1) is 10.4 Å². The van der Waals surface area contributed by atoms with E-state index in [0.29, 0.717) is 0 Å². The molecule has 1 N–H and O–H groups in total. The van der Waals surface area contributed by atoms with E-state index in [4.69, 9.17) is 11.6 Å². The number of nitrogens with one attached hydrogen (secondary N) is 1. The average Bonchev–Trinajstić information content (AvgIpc) is 3.11. The highest BCUT2D eigenvalue weighted by Crippen LogP contribution is 2.36. The zero-order chi connectivity index (χ0) is 14.8. The van der Waals surface area contributed by atoms with Gasteiger partial charge in [0.25, 0.3) is 0 Å². The van der Waals surface area contributed by atoms with E-state index < -0.39 is 0 Å². The molecule has 1 unspecified atom stereocenters. The second kappa shape index (κ2) is 6.18. The number of hydrogen-bond acceptors (Lipinski definition) is 3. The molecule has 0 amide bonds. The third-order valence-electron chi connectivity index (χ3n) is 3.21. The van der Waals surface area contributed by atoms with Crippen molar-refractivity contribution in [3.8, 4) is 0 Å². The van der Waals surface area contributed by atoms with E-state index in [9.17, 15) is 4.39 Å². The molecule has 2 aromatic heterocycles. The number of hydrogen-bond donors (Lipinski definition) is 1. The predicted octanol–water partition coefficient (Wildman–Crippen LogP) is 6.11.